The van der Waals surface area contributed by atoms with Crippen molar-refractivity contribution in [3.63, 3.8) is 0 Å². The zero-order chi connectivity index (χ0) is 21.5. The van der Waals surface area contributed by atoms with Crippen LogP contribution in [0.2, 0.25) is 0 Å². The normalized spacial score (nSPS) is 10.6. The summed E-state index contributed by atoms with van der Waals surface area (Å²) >= 11 is 0. The molecule has 2 aromatic rings. The summed E-state index contributed by atoms with van der Waals surface area (Å²) in [7, 11) is 0. The van der Waals surface area contributed by atoms with Crippen LogP contribution in [0.3, 0.4) is 0 Å². The number of aromatic carboxylic acids is 4. The second-order valence-electron chi connectivity index (χ2n) is 6.42. The molecule has 0 radical (unpaired) electrons. The molecular weight excluding hydrogens is 368 g/mol. The summed E-state index contributed by atoms with van der Waals surface area (Å²) in [5.41, 5.74) is -1.90. The van der Waals surface area contributed by atoms with Crippen LogP contribution in [-0.4, -0.2) is 44.3 Å². The number of carboxylic acid groups (broad SMARTS) is 4. The minimum Gasteiger partial charge on any atom is -0.478 e. The van der Waals surface area contributed by atoms with Crippen LogP contribution in [0, 0.1) is 27.7 Å². The van der Waals surface area contributed by atoms with Crippen molar-refractivity contribution in [2.24, 2.45) is 0 Å². The van der Waals surface area contributed by atoms with Crippen molar-refractivity contribution in [3.05, 3.63) is 56.6 Å². The second-order valence-corrected chi connectivity index (χ2v) is 6.42. The Labute approximate surface area is 159 Å². The maximum atomic E-state index is 12.0. The molecule has 0 heterocycles. The largest absolute Gasteiger partial charge is 0.478 e. The Morgan fingerprint density at radius 3 is 1.25 bits per heavy atom. The SMILES string of the molecule is Cc1ccc(C)c(-c2c(C(=O)O)c(C(=O)O)c(C)c(C(=O)O)c2C(=O)O)c1C. The topological polar surface area (TPSA) is 149 Å². The van der Waals surface area contributed by atoms with Gasteiger partial charge in [-0.15, -0.1) is 0 Å². The molecule has 146 valence electrons. The van der Waals surface area contributed by atoms with Crippen molar-refractivity contribution in [1.29, 1.82) is 0 Å². The summed E-state index contributed by atoms with van der Waals surface area (Å²) < 4.78 is 0. The standard InChI is InChI=1S/C20H18O8/c1-7-5-6-8(2)11(9(7)3)14-15(19(25)26)12(17(21)22)10(4)13(18(23)24)16(14)20(27)28/h5-6H,1-4H3,(H,21,22)(H,23,24)(H,25,26)(H,27,28). The molecule has 0 atom stereocenters. The van der Waals surface area contributed by atoms with E-state index in [2.05, 4.69) is 0 Å². The molecule has 8 heteroatoms. The molecule has 0 spiro atoms. The Morgan fingerprint density at radius 2 is 0.893 bits per heavy atom. The quantitative estimate of drug-likeness (QED) is 0.611. The van der Waals surface area contributed by atoms with Gasteiger partial charge < -0.3 is 20.4 Å². The van der Waals surface area contributed by atoms with Gasteiger partial charge >= 0.3 is 23.9 Å². The Balaban J connectivity index is 3.36. The van der Waals surface area contributed by atoms with Crippen LogP contribution in [0.25, 0.3) is 11.1 Å². The monoisotopic (exact) mass is 386 g/mol. The number of rotatable bonds is 5. The Kier molecular flexibility index (Phi) is 5.27. The fourth-order valence-electron chi connectivity index (χ4n) is 3.42. The zero-order valence-corrected chi connectivity index (χ0v) is 15.6. The first-order chi connectivity index (χ1) is 12.9. The maximum Gasteiger partial charge on any atom is 0.337 e. The molecule has 8 nitrogen and oxygen atoms in total. The molecule has 0 fully saturated rings. The molecule has 0 saturated heterocycles. The van der Waals surface area contributed by atoms with Crippen molar-refractivity contribution < 1.29 is 39.6 Å². The van der Waals surface area contributed by atoms with E-state index in [1.165, 1.54) is 0 Å². The highest BCUT2D eigenvalue weighted by Gasteiger charge is 2.35. The van der Waals surface area contributed by atoms with Crippen LogP contribution >= 0.6 is 0 Å². The highest BCUT2D eigenvalue weighted by atomic mass is 16.4. The van der Waals surface area contributed by atoms with Crippen molar-refractivity contribution in [1.82, 2.24) is 0 Å². The summed E-state index contributed by atoms with van der Waals surface area (Å²) in [6, 6.07) is 3.38. The van der Waals surface area contributed by atoms with Gasteiger partial charge in [0.25, 0.3) is 0 Å². The van der Waals surface area contributed by atoms with Crippen molar-refractivity contribution in [2.75, 3.05) is 0 Å². The molecule has 0 aliphatic rings. The summed E-state index contributed by atoms with van der Waals surface area (Å²) in [6.45, 7) is 6.06. The number of benzene rings is 2. The molecule has 4 N–H and O–H groups in total. The van der Waals surface area contributed by atoms with Crippen LogP contribution in [0.4, 0.5) is 0 Å². The van der Waals surface area contributed by atoms with E-state index in [1.807, 2.05) is 0 Å². The summed E-state index contributed by atoms with van der Waals surface area (Å²) in [6.07, 6.45) is 0. The molecule has 2 aromatic carbocycles. The first-order valence-electron chi connectivity index (χ1n) is 8.12. The minimum absolute atomic E-state index is 0.194. The van der Waals surface area contributed by atoms with Crippen molar-refractivity contribution in [2.45, 2.75) is 27.7 Å². The van der Waals surface area contributed by atoms with Gasteiger partial charge in [0.05, 0.1) is 22.3 Å². The second kappa shape index (κ2) is 7.15. The highest BCUT2D eigenvalue weighted by Crippen LogP contribution is 2.40. The molecule has 0 aliphatic carbocycles. The molecular formula is C20H18O8. The van der Waals surface area contributed by atoms with E-state index >= 15 is 0 Å². The molecule has 28 heavy (non-hydrogen) atoms. The van der Waals surface area contributed by atoms with E-state index in [4.69, 9.17) is 0 Å². The van der Waals surface area contributed by atoms with Crippen LogP contribution in [0.1, 0.15) is 63.7 Å². The van der Waals surface area contributed by atoms with Gasteiger partial charge in [0, 0.05) is 5.56 Å². The number of hydrogen-bond donors (Lipinski definition) is 4. The number of hydrogen-bond acceptors (Lipinski definition) is 4. The fourth-order valence-corrected chi connectivity index (χ4v) is 3.42. The van der Waals surface area contributed by atoms with Crippen LogP contribution in [0.5, 0.6) is 0 Å². The van der Waals surface area contributed by atoms with Gasteiger partial charge in [0.2, 0.25) is 0 Å². The lowest BCUT2D eigenvalue weighted by Gasteiger charge is -2.21. The van der Waals surface area contributed by atoms with E-state index in [0.717, 1.165) is 6.92 Å². The lowest BCUT2D eigenvalue weighted by Crippen LogP contribution is -2.22. The minimum atomic E-state index is -1.66. The third-order valence-electron chi connectivity index (χ3n) is 4.80. The van der Waals surface area contributed by atoms with Gasteiger partial charge in [-0.1, -0.05) is 12.1 Å². The van der Waals surface area contributed by atoms with Gasteiger partial charge in [-0.3, -0.25) is 0 Å². The lowest BCUT2D eigenvalue weighted by atomic mass is 9.80. The molecule has 0 aliphatic heterocycles. The van der Waals surface area contributed by atoms with E-state index < -0.39 is 57.3 Å². The third kappa shape index (κ3) is 3.09. The average Bonchev–Trinajstić information content (AvgIpc) is 2.57. The lowest BCUT2D eigenvalue weighted by molar-refractivity contribution is 0.0636. The molecule has 0 amide bonds. The van der Waals surface area contributed by atoms with Crippen molar-refractivity contribution >= 4 is 23.9 Å². The molecule has 0 aromatic heterocycles. The summed E-state index contributed by atoms with van der Waals surface area (Å²) in [4.78, 5) is 47.7. The van der Waals surface area contributed by atoms with Gasteiger partial charge in [0.15, 0.2) is 0 Å². The Hall–Kier alpha value is -3.68. The first-order valence-corrected chi connectivity index (χ1v) is 8.12. The molecule has 2 rings (SSSR count). The van der Waals surface area contributed by atoms with Gasteiger partial charge in [-0.05, 0) is 55.5 Å². The van der Waals surface area contributed by atoms with E-state index in [0.29, 0.717) is 16.7 Å². The van der Waals surface area contributed by atoms with Gasteiger partial charge in [0.1, 0.15) is 0 Å². The average molecular weight is 386 g/mol. The fraction of sp³-hybridized carbons (Fsp3) is 0.200. The zero-order valence-electron chi connectivity index (χ0n) is 15.6. The van der Waals surface area contributed by atoms with Crippen LogP contribution in [-0.2, 0) is 0 Å². The maximum absolute atomic E-state index is 12.0. The summed E-state index contributed by atoms with van der Waals surface area (Å²) in [5.74, 6) is -6.62. The van der Waals surface area contributed by atoms with Crippen LogP contribution in [0.15, 0.2) is 12.1 Å². The van der Waals surface area contributed by atoms with Gasteiger partial charge in [-0.2, -0.15) is 0 Å². The first kappa shape index (κ1) is 20.6. The molecule has 0 bridgehead atoms. The van der Waals surface area contributed by atoms with E-state index in [1.54, 1.807) is 32.9 Å². The Morgan fingerprint density at radius 1 is 0.536 bits per heavy atom. The number of aryl methyl sites for hydroxylation is 2. The summed E-state index contributed by atoms with van der Waals surface area (Å²) in [5, 5.41) is 38.7. The van der Waals surface area contributed by atoms with Gasteiger partial charge in [-0.25, -0.2) is 19.2 Å². The van der Waals surface area contributed by atoms with E-state index in [9.17, 15) is 39.6 Å². The molecule has 0 unspecified atom stereocenters. The molecule has 0 saturated carbocycles. The smallest absolute Gasteiger partial charge is 0.337 e. The number of carboxylic acids is 4. The highest BCUT2D eigenvalue weighted by molar-refractivity contribution is 6.17. The van der Waals surface area contributed by atoms with E-state index in [-0.39, 0.29) is 5.56 Å². The van der Waals surface area contributed by atoms with Crippen LogP contribution < -0.4 is 0 Å². The predicted molar refractivity (Wildman–Crippen MR) is 98.7 cm³/mol. The Bertz CT molecular complexity index is 1010. The predicted octanol–water partition coefficient (Wildman–Crippen LogP) is 3.38. The number of carbonyl (C=O) groups is 4. The third-order valence-corrected chi connectivity index (χ3v) is 4.80. The van der Waals surface area contributed by atoms with Crippen molar-refractivity contribution in [3.8, 4) is 11.1 Å².